The Morgan fingerprint density at radius 2 is 1.86 bits per heavy atom. The van der Waals surface area contributed by atoms with Crippen molar-refractivity contribution in [2.75, 3.05) is 20.4 Å². The number of hydrogen-bond donors (Lipinski definition) is 0. The normalized spacial score (nSPS) is 14.3. The van der Waals surface area contributed by atoms with Gasteiger partial charge in [-0.25, -0.2) is 0 Å². The van der Waals surface area contributed by atoms with Gasteiger partial charge < -0.3 is 14.0 Å². The molecular formula is C17H27O4P. The van der Waals surface area contributed by atoms with Crippen molar-refractivity contribution < 1.29 is 18.8 Å². The maximum atomic E-state index is 12.5. The van der Waals surface area contributed by atoms with Gasteiger partial charge >= 0.3 is 0 Å². The van der Waals surface area contributed by atoms with E-state index in [1.807, 2.05) is 6.92 Å². The van der Waals surface area contributed by atoms with Crippen LogP contribution in [0.3, 0.4) is 0 Å². The van der Waals surface area contributed by atoms with Crippen LogP contribution in [0, 0.1) is 11.3 Å². The van der Waals surface area contributed by atoms with Gasteiger partial charge in [-0.1, -0.05) is 33.8 Å². The highest BCUT2D eigenvalue weighted by molar-refractivity contribution is 7.64. The largest absolute Gasteiger partial charge is 0.493 e. The Morgan fingerprint density at radius 3 is 2.36 bits per heavy atom. The van der Waals surface area contributed by atoms with Crippen molar-refractivity contribution in [1.82, 2.24) is 0 Å². The third-order valence-corrected chi connectivity index (χ3v) is 5.24. The fourth-order valence-corrected chi connectivity index (χ4v) is 4.20. The summed E-state index contributed by atoms with van der Waals surface area (Å²) in [5.41, 5.74) is 0.174. The highest BCUT2D eigenvalue weighted by atomic mass is 31.1. The van der Waals surface area contributed by atoms with E-state index in [1.54, 1.807) is 18.2 Å². The molecule has 0 aliphatic heterocycles. The predicted molar refractivity (Wildman–Crippen MR) is 91.0 cm³/mol. The average molecular weight is 326 g/mol. The van der Waals surface area contributed by atoms with E-state index in [1.165, 1.54) is 14.2 Å². The van der Waals surface area contributed by atoms with E-state index in [0.29, 0.717) is 23.2 Å². The molecule has 0 radical (unpaired) electrons. The van der Waals surface area contributed by atoms with Crippen molar-refractivity contribution in [3.8, 4) is 11.5 Å². The topological polar surface area (TPSA) is 52.6 Å². The zero-order valence-corrected chi connectivity index (χ0v) is 15.4. The van der Waals surface area contributed by atoms with E-state index in [0.717, 1.165) is 6.42 Å². The molecular weight excluding hydrogens is 299 g/mol. The first-order chi connectivity index (χ1) is 10.2. The van der Waals surface area contributed by atoms with E-state index in [2.05, 4.69) is 20.8 Å². The number of methoxy groups -OCH3 is 2. The van der Waals surface area contributed by atoms with E-state index in [-0.39, 0.29) is 16.9 Å². The Morgan fingerprint density at radius 1 is 1.23 bits per heavy atom. The van der Waals surface area contributed by atoms with Crippen molar-refractivity contribution in [2.24, 2.45) is 11.3 Å². The molecule has 0 N–H and O–H groups in total. The van der Waals surface area contributed by atoms with Crippen LogP contribution < -0.4 is 9.47 Å². The molecule has 0 spiro atoms. The molecule has 0 saturated heterocycles. The summed E-state index contributed by atoms with van der Waals surface area (Å²) >= 11 is 0. The molecule has 5 heteroatoms. The molecule has 4 nitrogen and oxygen atoms in total. The van der Waals surface area contributed by atoms with Gasteiger partial charge in [-0.2, -0.15) is 0 Å². The Labute approximate surface area is 134 Å². The Hall–Kier alpha value is -1.28. The standard InChI is InChI=1S/C17H27O4P/c1-12(10-17(2,3)4)11-22(19)16(18)13-8-7-9-14(20-5)15(13)21-6/h7-9,12,22H,10-11H2,1-6H3. The van der Waals surface area contributed by atoms with Crippen LogP contribution in [0.1, 0.15) is 44.5 Å². The molecule has 0 fully saturated rings. The molecule has 2 atom stereocenters. The lowest BCUT2D eigenvalue weighted by atomic mass is 9.86. The van der Waals surface area contributed by atoms with Crippen molar-refractivity contribution in [3.05, 3.63) is 23.8 Å². The highest BCUT2D eigenvalue weighted by Crippen LogP contribution is 2.39. The smallest absolute Gasteiger partial charge is 0.222 e. The molecule has 1 aromatic rings. The fraction of sp³-hybridized carbons (Fsp3) is 0.588. The molecule has 0 aliphatic carbocycles. The van der Waals surface area contributed by atoms with Gasteiger partial charge in [0, 0.05) is 6.16 Å². The predicted octanol–water partition coefficient (Wildman–Crippen LogP) is 4.48. The number of carbonyl (C=O) groups excluding carboxylic acids is 1. The summed E-state index contributed by atoms with van der Waals surface area (Å²) in [5.74, 6) is 1.08. The van der Waals surface area contributed by atoms with Crippen LogP contribution in [-0.4, -0.2) is 25.9 Å². The zero-order chi connectivity index (χ0) is 16.9. The molecule has 2 unspecified atom stereocenters. The molecule has 0 heterocycles. The fourth-order valence-electron chi connectivity index (χ4n) is 2.74. The quantitative estimate of drug-likeness (QED) is 0.693. The first-order valence-corrected chi connectivity index (χ1v) is 9.09. The summed E-state index contributed by atoms with van der Waals surface area (Å²) in [7, 11) is 0.623. The minimum absolute atomic E-state index is 0.165. The third kappa shape index (κ3) is 5.17. The Kier molecular flexibility index (Phi) is 6.67. The molecule has 22 heavy (non-hydrogen) atoms. The zero-order valence-electron chi connectivity index (χ0n) is 14.4. The van der Waals surface area contributed by atoms with Crippen LogP contribution in [-0.2, 0) is 4.57 Å². The van der Waals surface area contributed by atoms with Crippen LogP contribution in [0.25, 0.3) is 0 Å². The Balaban J connectivity index is 2.90. The summed E-state index contributed by atoms with van der Waals surface area (Å²) in [6.45, 7) is 8.48. The second-order valence-corrected chi connectivity index (χ2v) is 8.58. The lowest BCUT2D eigenvalue weighted by Crippen LogP contribution is -2.13. The molecule has 1 aromatic carbocycles. The van der Waals surface area contributed by atoms with Gasteiger partial charge in [-0.05, 0) is 29.9 Å². The second kappa shape index (κ2) is 7.82. The van der Waals surface area contributed by atoms with E-state index in [9.17, 15) is 9.36 Å². The van der Waals surface area contributed by atoms with Crippen LogP contribution in [0.2, 0.25) is 0 Å². The minimum Gasteiger partial charge on any atom is -0.493 e. The summed E-state index contributed by atoms with van der Waals surface area (Å²) in [6.07, 6.45) is 1.37. The van der Waals surface area contributed by atoms with E-state index in [4.69, 9.17) is 9.47 Å². The summed E-state index contributed by atoms with van der Waals surface area (Å²) < 4.78 is 22.9. The monoisotopic (exact) mass is 326 g/mol. The van der Waals surface area contributed by atoms with Crippen molar-refractivity contribution in [2.45, 2.75) is 34.1 Å². The molecule has 0 saturated carbocycles. The van der Waals surface area contributed by atoms with Gasteiger partial charge in [0.1, 0.15) is 7.80 Å². The van der Waals surface area contributed by atoms with Crippen LogP contribution in [0.5, 0.6) is 11.5 Å². The molecule has 0 aromatic heterocycles. The van der Waals surface area contributed by atoms with Crippen molar-refractivity contribution in [3.63, 3.8) is 0 Å². The number of hydrogen-bond acceptors (Lipinski definition) is 4. The summed E-state index contributed by atoms with van der Waals surface area (Å²) in [5, 5.41) is 0. The molecule has 0 aliphatic rings. The lowest BCUT2D eigenvalue weighted by molar-refractivity contribution is 0.107. The first kappa shape index (κ1) is 18.8. The van der Waals surface area contributed by atoms with Crippen molar-refractivity contribution >= 4 is 13.3 Å². The van der Waals surface area contributed by atoms with E-state index < -0.39 is 7.80 Å². The van der Waals surface area contributed by atoms with Crippen LogP contribution in [0.4, 0.5) is 0 Å². The maximum absolute atomic E-state index is 12.5. The molecule has 124 valence electrons. The van der Waals surface area contributed by atoms with Gasteiger partial charge in [-0.3, -0.25) is 4.79 Å². The minimum atomic E-state index is -2.37. The van der Waals surface area contributed by atoms with Crippen LogP contribution >= 0.6 is 7.80 Å². The summed E-state index contributed by atoms with van der Waals surface area (Å²) in [6, 6.07) is 5.07. The van der Waals surface area contributed by atoms with Gasteiger partial charge in [0.15, 0.2) is 11.5 Å². The number of rotatable bonds is 7. The second-order valence-electron chi connectivity index (χ2n) is 6.87. The SMILES string of the molecule is COc1cccc(C(=O)[PH](=O)CC(C)CC(C)(C)C)c1OC. The molecule has 0 amide bonds. The number of benzene rings is 1. The Bertz CT molecular complexity index is 546. The van der Waals surface area contributed by atoms with Gasteiger partial charge in [0.05, 0.1) is 19.8 Å². The van der Waals surface area contributed by atoms with Gasteiger partial charge in [0.2, 0.25) is 5.52 Å². The maximum Gasteiger partial charge on any atom is 0.222 e. The highest BCUT2D eigenvalue weighted by Gasteiger charge is 2.24. The first-order valence-electron chi connectivity index (χ1n) is 7.48. The van der Waals surface area contributed by atoms with Crippen LogP contribution in [0.15, 0.2) is 18.2 Å². The third-order valence-electron chi connectivity index (χ3n) is 3.40. The average Bonchev–Trinajstić information content (AvgIpc) is 2.43. The number of para-hydroxylation sites is 1. The summed E-state index contributed by atoms with van der Waals surface area (Å²) in [4.78, 5) is 12.5. The molecule has 1 rings (SSSR count). The van der Waals surface area contributed by atoms with Gasteiger partial charge in [-0.15, -0.1) is 0 Å². The number of ether oxygens (including phenoxy) is 2. The lowest BCUT2D eigenvalue weighted by Gasteiger charge is -2.22. The number of carbonyl (C=O) groups is 1. The van der Waals surface area contributed by atoms with Crippen molar-refractivity contribution in [1.29, 1.82) is 0 Å². The van der Waals surface area contributed by atoms with Gasteiger partial charge in [0.25, 0.3) is 0 Å². The molecule has 0 bridgehead atoms. The van der Waals surface area contributed by atoms with E-state index >= 15 is 0 Å².